The summed E-state index contributed by atoms with van der Waals surface area (Å²) in [5.74, 6) is 0.273. The van der Waals surface area contributed by atoms with Gasteiger partial charge in [-0.2, -0.15) is 0 Å². The van der Waals surface area contributed by atoms with Gasteiger partial charge in [0.2, 0.25) is 0 Å². The van der Waals surface area contributed by atoms with Crippen molar-refractivity contribution in [3.63, 3.8) is 0 Å². The maximum Gasteiger partial charge on any atom is 0.342 e. The number of hydrogen-bond acceptors (Lipinski definition) is 5. The third-order valence-corrected chi connectivity index (χ3v) is 3.78. The number of carbonyl (C=O) groups excluding carboxylic acids is 1. The van der Waals surface area contributed by atoms with Crippen LogP contribution in [0.2, 0.25) is 0 Å². The smallest absolute Gasteiger partial charge is 0.342 e. The van der Waals surface area contributed by atoms with Crippen molar-refractivity contribution in [3.8, 4) is 22.8 Å². The zero-order chi connectivity index (χ0) is 18.0. The molecule has 0 saturated heterocycles. The lowest BCUT2D eigenvalue weighted by atomic mass is 10.0. The first-order valence-corrected chi connectivity index (χ1v) is 7.70. The molecule has 25 heavy (non-hydrogen) atoms. The summed E-state index contributed by atoms with van der Waals surface area (Å²) in [6.45, 7) is 1.90. The van der Waals surface area contributed by atoms with Gasteiger partial charge in [-0.05, 0) is 37.3 Å². The zero-order valence-corrected chi connectivity index (χ0v) is 14.1. The summed E-state index contributed by atoms with van der Waals surface area (Å²) in [5.41, 5.74) is 1.10. The van der Waals surface area contributed by atoms with E-state index in [1.165, 1.54) is 25.3 Å². The molecule has 0 radical (unpaired) electrons. The largest absolute Gasteiger partial charge is 0.497 e. The minimum absolute atomic E-state index is 0.166. The number of carbonyl (C=O) groups is 1. The van der Waals surface area contributed by atoms with Crippen LogP contribution >= 0.6 is 0 Å². The lowest BCUT2D eigenvalue weighted by Gasteiger charge is -2.10. The summed E-state index contributed by atoms with van der Waals surface area (Å²) in [6, 6.07) is 9.13. The number of furan rings is 1. The summed E-state index contributed by atoms with van der Waals surface area (Å²) in [7, 11) is 3.05. The molecule has 130 valence electrons. The maximum absolute atomic E-state index is 13.7. The van der Waals surface area contributed by atoms with Crippen molar-refractivity contribution in [2.24, 2.45) is 0 Å². The number of benzene rings is 2. The van der Waals surface area contributed by atoms with Gasteiger partial charge >= 0.3 is 5.97 Å². The summed E-state index contributed by atoms with van der Waals surface area (Å²) in [6.07, 6.45) is 0. The Bertz CT molecular complexity index is 929. The molecule has 0 aliphatic heterocycles. The van der Waals surface area contributed by atoms with Crippen molar-refractivity contribution in [3.05, 3.63) is 47.8 Å². The van der Waals surface area contributed by atoms with E-state index in [1.807, 2.05) is 0 Å². The highest BCUT2D eigenvalue weighted by molar-refractivity contribution is 6.09. The quantitative estimate of drug-likeness (QED) is 0.641. The van der Waals surface area contributed by atoms with E-state index in [4.69, 9.17) is 18.6 Å². The third kappa shape index (κ3) is 3.03. The zero-order valence-electron chi connectivity index (χ0n) is 14.1. The molecule has 0 aliphatic rings. The van der Waals surface area contributed by atoms with Crippen LogP contribution in [0.1, 0.15) is 17.3 Å². The highest BCUT2D eigenvalue weighted by atomic mass is 19.1. The second-order valence-corrected chi connectivity index (χ2v) is 5.23. The molecular weight excluding hydrogens is 327 g/mol. The highest BCUT2D eigenvalue weighted by Crippen LogP contribution is 2.40. The van der Waals surface area contributed by atoms with E-state index in [9.17, 15) is 9.18 Å². The molecule has 6 heteroatoms. The van der Waals surface area contributed by atoms with Crippen molar-refractivity contribution in [2.75, 3.05) is 20.8 Å². The number of ether oxygens (including phenoxy) is 3. The van der Waals surface area contributed by atoms with Crippen molar-refractivity contribution in [1.82, 2.24) is 0 Å². The predicted octanol–water partition coefficient (Wildman–Crippen LogP) is 4.43. The van der Waals surface area contributed by atoms with E-state index >= 15 is 0 Å². The fraction of sp³-hybridized carbons (Fsp3) is 0.211. The van der Waals surface area contributed by atoms with E-state index in [-0.39, 0.29) is 17.9 Å². The van der Waals surface area contributed by atoms with Crippen LogP contribution in [-0.4, -0.2) is 26.8 Å². The Balaban J connectivity index is 2.29. The Labute approximate surface area is 143 Å². The highest BCUT2D eigenvalue weighted by Gasteiger charge is 2.25. The Morgan fingerprint density at radius 1 is 1.12 bits per heavy atom. The van der Waals surface area contributed by atoms with Gasteiger partial charge in [0, 0.05) is 11.5 Å². The maximum atomic E-state index is 13.7. The van der Waals surface area contributed by atoms with Crippen LogP contribution in [0.25, 0.3) is 22.3 Å². The first-order chi connectivity index (χ1) is 12.1. The summed E-state index contributed by atoms with van der Waals surface area (Å²) in [4.78, 5) is 12.5. The number of hydrogen-bond donors (Lipinski definition) is 0. The third-order valence-electron chi connectivity index (χ3n) is 3.78. The fourth-order valence-electron chi connectivity index (χ4n) is 2.65. The Morgan fingerprint density at radius 3 is 2.60 bits per heavy atom. The van der Waals surface area contributed by atoms with Gasteiger partial charge in [-0.25, -0.2) is 9.18 Å². The molecule has 3 rings (SSSR count). The first-order valence-electron chi connectivity index (χ1n) is 7.70. The second kappa shape index (κ2) is 6.84. The minimum Gasteiger partial charge on any atom is -0.497 e. The normalized spacial score (nSPS) is 10.7. The number of fused-ring (bicyclic) bond motifs is 1. The van der Waals surface area contributed by atoms with E-state index in [0.717, 1.165) is 0 Å². The van der Waals surface area contributed by atoms with Crippen molar-refractivity contribution >= 4 is 16.9 Å². The fourth-order valence-corrected chi connectivity index (χ4v) is 2.65. The molecule has 1 heterocycles. The SMILES string of the molecule is CCOC(=O)c1c(-c2ccc(OC)cc2OC)oc2ccc(F)cc12. The average molecular weight is 344 g/mol. The molecule has 0 N–H and O–H groups in total. The number of halogens is 1. The molecule has 0 fully saturated rings. The van der Waals surface area contributed by atoms with Crippen LogP contribution < -0.4 is 9.47 Å². The van der Waals surface area contributed by atoms with Gasteiger partial charge in [-0.15, -0.1) is 0 Å². The van der Waals surface area contributed by atoms with E-state index in [1.54, 1.807) is 32.2 Å². The van der Waals surface area contributed by atoms with E-state index in [2.05, 4.69) is 0 Å². The summed E-state index contributed by atoms with van der Waals surface area (Å²) < 4.78 is 35.2. The standard InChI is InChI=1S/C19H17FO5/c1-4-24-19(21)17-14-9-11(20)5-8-15(14)25-18(17)13-7-6-12(22-2)10-16(13)23-3/h5-10H,4H2,1-3H3. The van der Waals surface area contributed by atoms with Gasteiger partial charge in [0.15, 0.2) is 5.76 Å². The summed E-state index contributed by atoms with van der Waals surface area (Å²) >= 11 is 0. The first kappa shape index (κ1) is 16.8. The van der Waals surface area contributed by atoms with Crippen LogP contribution in [0.4, 0.5) is 4.39 Å². The molecular formula is C19H17FO5. The van der Waals surface area contributed by atoms with Crippen molar-refractivity contribution in [2.45, 2.75) is 6.92 Å². The molecule has 0 spiro atoms. The van der Waals surface area contributed by atoms with Crippen LogP contribution in [0.5, 0.6) is 11.5 Å². The number of methoxy groups -OCH3 is 2. The lowest BCUT2D eigenvalue weighted by molar-refractivity contribution is 0.0529. The van der Waals surface area contributed by atoms with Crippen LogP contribution in [0.3, 0.4) is 0 Å². The molecule has 3 aromatic rings. The monoisotopic (exact) mass is 344 g/mol. The molecule has 0 bridgehead atoms. The van der Waals surface area contributed by atoms with Gasteiger partial charge in [0.05, 0.1) is 26.4 Å². The molecule has 0 aliphatic carbocycles. The molecule has 5 nitrogen and oxygen atoms in total. The van der Waals surface area contributed by atoms with Crippen LogP contribution in [0.15, 0.2) is 40.8 Å². The van der Waals surface area contributed by atoms with Crippen LogP contribution in [-0.2, 0) is 4.74 Å². The molecule has 2 aromatic carbocycles. The molecule has 0 amide bonds. The minimum atomic E-state index is -0.584. The van der Waals surface area contributed by atoms with Gasteiger partial charge in [0.1, 0.15) is 28.5 Å². The molecule has 0 saturated carbocycles. The molecule has 0 unspecified atom stereocenters. The number of rotatable bonds is 5. The van der Waals surface area contributed by atoms with Gasteiger partial charge in [-0.3, -0.25) is 0 Å². The topological polar surface area (TPSA) is 57.9 Å². The molecule has 0 atom stereocenters. The predicted molar refractivity (Wildman–Crippen MR) is 90.7 cm³/mol. The van der Waals surface area contributed by atoms with Gasteiger partial charge in [-0.1, -0.05) is 0 Å². The van der Waals surface area contributed by atoms with E-state index in [0.29, 0.717) is 28.0 Å². The van der Waals surface area contributed by atoms with Crippen molar-refractivity contribution in [1.29, 1.82) is 0 Å². The Kier molecular flexibility index (Phi) is 4.61. The Morgan fingerprint density at radius 2 is 1.92 bits per heavy atom. The number of esters is 1. The van der Waals surface area contributed by atoms with Gasteiger partial charge < -0.3 is 18.6 Å². The summed E-state index contributed by atoms with van der Waals surface area (Å²) in [5, 5.41) is 0.353. The second-order valence-electron chi connectivity index (χ2n) is 5.23. The van der Waals surface area contributed by atoms with Gasteiger partial charge in [0.25, 0.3) is 0 Å². The Hall–Kier alpha value is -3.02. The lowest BCUT2D eigenvalue weighted by Crippen LogP contribution is -2.05. The average Bonchev–Trinajstić information content (AvgIpc) is 2.99. The van der Waals surface area contributed by atoms with E-state index < -0.39 is 11.8 Å². The van der Waals surface area contributed by atoms with Crippen LogP contribution in [0, 0.1) is 5.82 Å². The van der Waals surface area contributed by atoms with Crippen molar-refractivity contribution < 1.29 is 27.8 Å². The molecule has 1 aromatic heterocycles.